The quantitative estimate of drug-likeness (QED) is 0.0624. The highest BCUT2D eigenvalue weighted by Gasteiger charge is 2.37. The van der Waals surface area contributed by atoms with Crippen LogP contribution in [-0.2, 0) is 22.7 Å². The Morgan fingerprint density at radius 1 is 0.479 bits per heavy atom. The average molecular weight is 1000 g/mol. The predicted octanol–water partition coefficient (Wildman–Crippen LogP) is 12.6. The third kappa shape index (κ3) is 7.27. The van der Waals surface area contributed by atoms with Crippen molar-refractivity contribution >= 4 is 133 Å². The molecule has 0 N–H and O–H groups in total. The lowest BCUT2D eigenvalue weighted by Crippen LogP contribution is -2.10. The van der Waals surface area contributed by atoms with E-state index in [0.29, 0.717) is 20.7 Å². The highest BCUT2D eigenvalue weighted by Crippen LogP contribution is 2.48. The number of allylic oxidation sites excluding steroid dienone is 2. The second-order valence-electron chi connectivity index (χ2n) is 16.6. The van der Waals surface area contributed by atoms with Crippen molar-refractivity contribution in [2.75, 3.05) is 0 Å². The van der Waals surface area contributed by atoms with Gasteiger partial charge in [0, 0.05) is 27.6 Å². The van der Waals surface area contributed by atoms with Crippen molar-refractivity contribution in [1.82, 2.24) is 9.97 Å². The van der Waals surface area contributed by atoms with Gasteiger partial charge in [-0.3, -0.25) is 19.2 Å². The lowest BCUT2D eigenvalue weighted by atomic mass is 10.0. The Hall–Kier alpha value is -8.38. The maximum atomic E-state index is 14.7. The minimum atomic E-state index is -1.13. The molecule has 3 heterocycles. The zero-order chi connectivity index (χ0) is 49.0. The molecule has 0 spiro atoms. The smallest absolute Gasteiger partial charge is 0.342 e. The monoisotopic (exact) mass is 1000 g/mol. The van der Waals surface area contributed by atoms with Gasteiger partial charge in [-0.25, -0.2) is 37.1 Å². The summed E-state index contributed by atoms with van der Waals surface area (Å²) >= 11 is 2.93. The molecule has 7 aromatic carbocycles. The summed E-state index contributed by atoms with van der Waals surface area (Å²) in [5.74, 6) is -8.84. The number of ether oxygens (including phenoxy) is 2. The first-order chi connectivity index (χ1) is 34.3. The van der Waals surface area contributed by atoms with Gasteiger partial charge in [-0.05, 0) is 93.4 Å². The molecule has 3 aromatic heterocycles. The maximum Gasteiger partial charge on any atom is 0.342 e. The van der Waals surface area contributed by atoms with E-state index in [-0.39, 0.29) is 110 Å². The normalized spacial score (nSPS) is 13.4. The van der Waals surface area contributed by atoms with Crippen LogP contribution in [0.5, 0.6) is 0 Å². The van der Waals surface area contributed by atoms with Crippen molar-refractivity contribution < 1.29 is 55.8 Å². The van der Waals surface area contributed by atoms with E-state index in [4.69, 9.17) is 19.4 Å². The molecule has 0 radical (unpaired) electrons. The molecule has 0 aliphatic heterocycles. The van der Waals surface area contributed by atoms with Gasteiger partial charge in [0.15, 0.2) is 46.4 Å². The topological polar surface area (TPSA) is 147 Å². The van der Waals surface area contributed by atoms with Gasteiger partial charge in [0.25, 0.3) is 0 Å². The number of halogens is 4. The van der Waals surface area contributed by atoms with Gasteiger partial charge < -0.3 is 9.47 Å². The molecule has 10 nitrogen and oxygen atoms in total. The molecule has 0 atom stereocenters. The molecule has 0 unspecified atom stereocenters. The molecule has 2 aliphatic rings. The number of fused-ring (bicyclic) bond motifs is 8. The van der Waals surface area contributed by atoms with Gasteiger partial charge in [-0.1, -0.05) is 60.7 Å². The van der Waals surface area contributed by atoms with Gasteiger partial charge in [-0.15, -0.1) is 34.0 Å². The molecule has 10 aromatic rings. The van der Waals surface area contributed by atoms with Gasteiger partial charge in [0.1, 0.15) is 33.6 Å². The highest BCUT2D eigenvalue weighted by atomic mass is 32.1. The third-order valence-corrected chi connectivity index (χ3v) is 15.5. The van der Waals surface area contributed by atoms with Crippen molar-refractivity contribution in [3.63, 3.8) is 0 Å². The van der Waals surface area contributed by atoms with Crippen LogP contribution in [0.15, 0.2) is 120 Å². The fourth-order valence-corrected chi connectivity index (χ4v) is 12.3. The van der Waals surface area contributed by atoms with Crippen LogP contribution in [0.1, 0.15) is 83.3 Å². The molecule has 71 heavy (non-hydrogen) atoms. The van der Waals surface area contributed by atoms with E-state index in [2.05, 4.69) is 0 Å². The van der Waals surface area contributed by atoms with Gasteiger partial charge in [0.2, 0.25) is 0 Å². The third-order valence-electron chi connectivity index (χ3n) is 12.2. The predicted molar refractivity (Wildman–Crippen MR) is 260 cm³/mol. The number of aromatic nitrogens is 2. The van der Waals surface area contributed by atoms with Gasteiger partial charge in [-0.2, -0.15) is 0 Å². The van der Waals surface area contributed by atoms with E-state index in [1.807, 2.05) is 0 Å². The maximum absolute atomic E-state index is 14.7. The van der Waals surface area contributed by atoms with Crippen LogP contribution in [0.2, 0.25) is 0 Å². The Labute approximate surface area is 407 Å². The minimum Gasteiger partial charge on any atom is -0.457 e. The van der Waals surface area contributed by atoms with Crippen LogP contribution in [0, 0.1) is 23.3 Å². The van der Waals surface area contributed by atoms with Crippen molar-refractivity contribution in [3.8, 4) is 0 Å². The summed E-state index contributed by atoms with van der Waals surface area (Å²) in [7, 11) is 0. The standard InChI is InChI=1S/C54H24F4N2O8S3/c55-35-15-25-11-29-30(12-26(25)16-36(35)56)46(62)33(45(29)61)19-39-59-44-43(54(66)68-22-24-9-5-2-6-10-24)49-41(42(50(44)69-39)53(65)67-21-23-7-3-1-4-8-23)51-52(71-49)60-40(70-51)20-34-47(63)31-13-27-17-37(57)38(58)18-28(27)14-32(31)48(34)64/h1-20H,21-22H2. The van der Waals surface area contributed by atoms with Crippen LogP contribution in [0.25, 0.3) is 63.5 Å². The van der Waals surface area contributed by atoms with E-state index >= 15 is 0 Å². The number of thiophene rings is 1. The van der Waals surface area contributed by atoms with Gasteiger partial charge >= 0.3 is 11.9 Å². The average Bonchev–Trinajstić information content (AvgIpc) is 4.15. The zero-order valence-electron chi connectivity index (χ0n) is 35.9. The van der Waals surface area contributed by atoms with Crippen LogP contribution in [0.4, 0.5) is 17.6 Å². The van der Waals surface area contributed by atoms with Gasteiger partial charge in [0.05, 0.1) is 36.3 Å². The SMILES string of the molecule is O=C1C(=Cc2nc3c(C(=O)OCc4ccccc4)c4sc5nc(C=C6C(=O)c7cc8cc(F)c(F)cc8cc7C6=O)sc5c4c(C(=O)OCc4ccccc4)c3s2)C(=O)c2cc3cc(F)c(F)cc3cc21. The molecule has 0 saturated heterocycles. The van der Waals surface area contributed by atoms with Crippen LogP contribution in [-0.4, -0.2) is 45.0 Å². The molecule has 0 fully saturated rings. The van der Waals surface area contributed by atoms with Crippen molar-refractivity contribution in [2.24, 2.45) is 0 Å². The second-order valence-corrected chi connectivity index (χ2v) is 19.6. The summed E-state index contributed by atoms with van der Waals surface area (Å²) in [5.41, 5.74) is 0.642. The van der Waals surface area contributed by atoms with Crippen molar-refractivity contribution in [3.05, 3.63) is 198 Å². The fraction of sp³-hybridized carbons (Fsp3) is 0.0370. The molecule has 0 bridgehead atoms. The Balaban J connectivity index is 1.03. The number of carbonyl (C=O) groups excluding carboxylic acids is 6. The molecular weight excluding hydrogens is 977 g/mol. The number of hydrogen-bond donors (Lipinski definition) is 0. The number of carbonyl (C=O) groups is 6. The van der Waals surface area contributed by atoms with E-state index in [0.717, 1.165) is 58.3 Å². The summed E-state index contributed by atoms with van der Waals surface area (Å²) in [5, 5.41) is 1.29. The van der Waals surface area contributed by atoms with Crippen LogP contribution < -0.4 is 0 Å². The number of esters is 2. The highest BCUT2D eigenvalue weighted by molar-refractivity contribution is 7.33. The number of Topliss-reactive ketones (excluding diaryl/α,β-unsaturated/α-hetero) is 4. The number of rotatable bonds is 8. The summed E-state index contributed by atoms with van der Waals surface area (Å²) < 4.78 is 69.3. The van der Waals surface area contributed by atoms with Crippen molar-refractivity contribution in [1.29, 1.82) is 0 Å². The molecular formula is C54H24F4N2O8S3. The zero-order valence-corrected chi connectivity index (χ0v) is 38.3. The van der Waals surface area contributed by atoms with E-state index in [9.17, 15) is 46.3 Å². The Morgan fingerprint density at radius 2 is 0.873 bits per heavy atom. The summed E-state index contributed by atoms with van der Waals surface area (Å²) in [4.78, 5) is 94.4. The molecule has 0 amide bonds. The molecule has 17 heteroatoms. The van der Waals surface area contributed by atoms with E-state index in [1.165, 1.54) is 36.4 Å². The largest absolute Gasteiger partial charge is 0.457 e. The lowest BCUT2D eigenvalue weighted by Gasteiger charge is -2.11. The molecule has 12 rings (SSSR count). The molecule has 2 aliphatic carbocycles. The number of nitrogens with zero attached hydrogens (tertiary/aromatic N) is 2. The number of benzene rings is 7. The Bertz CT molecular complexity index is 4050. The molecule has 344 valence electrons. The van der Waals surface area contributed by atoms with Crippen LogP contribution >= 0.6 is 34.0 Å². The summed E-state index contributed by atoms with van der Waals surface area (Å²) in [6.07, 6.45) is 2.55. The number of hydrogen-bond acceptors (Lipinski definition) is 13. The fourth-order valence-electron chi connectivity index (χ4n) is 8.83. The van der Waals surface area contributed by atoms with Crippen molar-refractivity contribution in [2.45, 2.75) is 13.2 Å². The molecule has 0 saturated carbocycles. The Kier molecular flexibility index (Phi) is 10.3. The number of thiazole rings is 2. The van der Waals surface area contributed by atoms with E-state index in [1.54, 1.807) is 60.7 Å². The van der Waals surface area contributed by atoms with E-state index < -0.39 is 58.3 Å². The first-order valence-corrected chi connectivity index (χ1v) is 23.8. The first kappa shape index (κ1) is 43.9. The second kappa shape index (κ2) is 16.6. The number of ketones is 4. The minimum absolute atomic E-state index is 0.00511. The summed E-state index contributed by atoms with van der Waals surface area (Å²) in [6.45, 7) is -0.303. The first-order valence-electron chi connectivity index (χ1n) is 21.4. The lowest BCUT2D eigenvalue weighted by molar-refractivity contribution is 0.0465. The van der Waals surface area contributed by atoms with Crippen LogP contribution in [0.3, 0.4) is 0 Å². The Morgan fingerprint density at radius 3 is 1.31 bits per heavy atom. The summed E-state index contributed by atoms with van der Waals surface area (Å²) in [6, 6.07) is 26.8.